The quantitative estimate of drug-likeness (QED) is 0.163. The summed E-state index contributed by atoms with van der Waals surface area (Å²) in [7, 11) is 0. The number of benzene rings is 3. The number of hydrogen-bond acceptors (Lipinski definition) is 7. The fourth-order valence-electron chi connectivity index (χ4n) is 3.30. The number of aromatic hydroxyl groups is 3. The molecule has 2 unspecified atom stereocenters. The van der Waals surface area contributed by atoms with Crippen molar-refractivity contribution in [3.63, 3.8) is 0 Å². The highest BCUT2D eigenvalue weighted by molar-refractivity contribution is 5.76. The summed E-state index contributed by atoms with van der Waals surface area (Å²) in [5.41, 5.74) is 2.03. The van der Waals surface area contributed by atoms with Gasteiger partial charge in [-0.25, -0.2) is 0 Å². The van der Waals surface area contributed by atoms with Gasteiger partial charge in [0.1, 0.15) is 29.1 Å². The van der Waals surface area contributed by atoms with Crippen molar-refractivity contribution in [2.75, 3.05) is 11.9 Å². The van der Waals surface area contributed by atoms with E-state index in [1.165, 1.54) is 18.2 Å². The van der Waals surface area contributed by atoms with Gasteiger partial charge >= 0.3 is 0 Å². The van der Waals surface area contributed by atoms with Crippen LogP contribution in [0.1, 0.15) is 24.0 Å². The standard InChI is InChI=1S/C24H26N2O6/c1-15(28)24(32-20-10-11-23(31)22(12-20)26-14-27)25-13-21(16-2-6-18(29)7-3-16)17-4-8-19(30)9-5-17/h2-12,14-15,21,24-25,28-31H,13H2,1H3,(H,26,27). The number of amides is 1. The van der Waals surface area contributed by atoms with E-state index in [-0.39, 0.29) is 28.9 Å². The van der Waals surface area contributed by atoms with E-state index < -0.39 is 12.3 Å². The summed E-state index contributed by atoms with van der Waals surface area (Å²) in [5, 5.41) is 44.9. The molecular formula is C24H26N2O6. The number of ether oxygens (including phenoxy) is 1. The topological polar surface area (TPSA) is 131 Å². The van der Waals surface area contributed by atoms with Crippen molar-refractivity contribution in [1.29, 1.82) is 0 Å². The fourth-order valence-corrected chi connectivity index (χ4v) is 3.30. The summed E-state index contributed by atoms with van der Waals surface area (Å²) in [6.45, 7) is 1.96. The van der Waals surface area contributed by atoms with Crippen LogP contribution in [0.5, 0.6) is 23.0 Å². The molecule has 0 aliphatic carbocycles. The summed E-state index contributed by atoms with van der Waals surface area (Å²) >= 11 is 0. The molecule has 0 bridgehead atoms. The van der Waals surface area contributed by atoms with Gasteiger partial charge in [0, 0.05) is 18.5 Å². The molecule has 0 aliphatic heterocycles. The molecule has 0 saturated heterocycles. The van der Waals surface area contributed by atoms with Crippen LogP contribution in [-0.2, 0) is 4.79 Å². The highest BCUT2D eigenvalue weighted by Gasteiger charge is 2.21. The average Bonchev–Trinajstić information content (AvgIpc) is 2.77. The molecule has 0 fully saturated rings. The number of phenolic OH excluding ortho intramolecular Hbond substituents is 3. The monoisotopic (exact) mass is 438 g/mol. The maximum Gasteiger partial charge on any atom is 0.211 e. The Morgan fingerprint density at radius 2 is 1.47 bits per heavy atom. The molecule has 0 radical (unpaired) electrons. The van der Waals surface area contributed by atoms with Crippen LogP contribution in [0.25, 0.3) is 0 Å². The van der Waals surface area contributed by atoms with Gasteiger partial charge < -0.3 is 30.5 Å². The molecule has 0 aromatic heterocycles. The Hall–Kier alpha value is -3.75. The Bertz CT molecular complexity index is 976. The molecular weight excluding hydrogens is 412 g/mol. The van der Waals surface area contributed by atoms with Crippen molar-refractivity contribution in [1.82, 2.24) is 5.32 Å². The molecule has 8 heteroatoms. The van der Waals surface area contributed by atoms with Gasteiger partial charge in [-0.05, 0) is 54.4 Å². The molecule has 32 heavy (non-hydrogen) atoms. The van der Waals surface area contributed by atoms with Crippen LogP contribution in [0, 0.1) is 0 Å². The Morgan fingerprint density at radius 3 is 1.97 bits per heavy atom. The molecule has 0 aliphatic rings. The molecule has 0 heterocycles. The van der Waals surface area contributed by atoms with Crippen molar-refractivity contribution >= 4 is 12.1 Å². The summed E-state index contributed by atoms with van der Waals surface area (Å²) in [6.07, 6.45) is -1.23. The first-order valence-corrected chi connectivity index (χ1v) is 10.1. The van der Waals surface area contributed by atoms with E-state index in [0.29, 0.717) is 18.7 Å². The van der Waals surface area contributed by atoms with Crippen molar-refractivity contribution < 1.29 is 30.0 Å². The first-order chi connectivity index (χ1) is 15.4. The van der Waals surface area contributed by atoms with Crippen molar-refractivity contribution in [3.8, 4) is 23.0 Å². The van der Waals surface area contributed by atoms with Crippen LogP contribution in [0.4, 0.5) is 5.69 Å². The van der Waals surface area contributed by atoms with Crippen LogP contribution in [0.15, 0.2) is 66.7 Å². The van der Waals surface area contributed by atoms with E-state index in [1.807, 2.05) is 24.3 Å². The SMILES string of the molecule is CC(O)C(NCC(c1ccc(O)cc1)c1ccc(O)cc1)Oc1ccc(O)c(NC=O)c1. The van der Waals surface area contributed by atoms with Gasteiger partial charge in [-0.15, -0.1) is 0 Å². The number of aliphatic hydroxyl groups excluding tert-OH is 1. The van der Waals surface area contributed by atoms with Crippen LogP contribution in [0.2, 0.25) is 0 Å². The minimum absolute atomic E-state index is 0.106. The Balaban J connectivity index is 1.80. The smallest absolute Gasteiger partial charge is 0.211 e. The zero-order valence-corrected chi connectivity index (χ0v) is 17.5. The van der Waals surface area contributed by atoms with E-state index in [4.69, 9.17) is 4.74 Å². The van der Waals surface area contributed by atoms with Crippen molar-refractivity contribution in [2.24, 2.45) is 0 Å². The van der Waals surface area contributed by atoms with Gasteiger partial charge in [0.25, 0.3) is 0 Å². The summed E-state index contributed by atoms with van der Waals surface area (Å²) < 4.78 is 5.87. The van der Waals surface area contributed by atoms with E-state index in [1.54, 1.807) is 31.2 Å². The van der Waals surface area contributed by atoms with Crippen LogP contribution in [-0.4, -0.2) is 45.7 Å². The predicted molar refractivity (Wildman–Crippen MR) is 120 cm³/mol. The van der Waals surface area contributed by atoms with Gasteiger partial charge in [-0.2, -0.15) is 0 Å². The second-order valence-corrected chi connectivity index (χ2v) is 7.36. The molecule has 3 aromatic carbocycles. The predicted octanol–water partition coefficient (Wildman–Crippen LogP) is 2.88. The molecule has 2 atom stereocenters. The number of hydrogen-bond donors (Lipinski definition) is 6. The number of nitrogens with one attached hydrogen (secondary N) is 2. The molecule has 0 saturated carbocycles. The Morgan fingerprint density at radius 1 is 0.906 bits per heavy atom. The molecule has 168 valence electrons. The molecule has 6 N–H and O–H groups in total. The lowest BCUT2D eigenvalue weighted by Crippen LogP contribution is -2.44. The minimum Gasteiger partial charge on any atom is -0.508 e. The van der Waals surface area contributed by atoms with Gasteiger partial charge in [0.05, 0.1) is 5.69 Å². The van der Waals surface area contributed by atoms with E-state index >= 15 is 0 Å². The van der Waals surface area contributed by atoms with Crippen LogP contribution < -0.4 is 15.4 Å². The maximum absolute atomic E-state index is 10.7. The Labute approximate surface area is 185 Å². The van der Waals surface area contributed by atoms with Crippen LogP contribution in [0.3, 0.4) is 0 Å². The zero-order chi connectivity index (χ0) is 23.1. The lowest BCUT2D eigenvalue weighted by molar-refractivity contribution is -0.105. The van der Waals surface area contributed by atoms with Gasteiger partial charge in [0.2, 0.25) is 6.41 Å². The van der Waals surface area contributed by atoms with E-state index in [2.05, 4.69) is 10.6 Å². The highest BCUT2D eigenvalue weighted by atomic mass is 16.5. The minimum atomic E-state index is -0.883. The maximum atomic E-state index is 10.7. The number of carbonyl (C=O) groups is 1. The van der Waals surface area contributed by atoms with Crippen LogP contribution >= 0.6 is 0 Å². The van der Waals surface area contributed by atoms with Crippen molar-refractivity contribution in [2.45, 2.75) is 25.2 Å². The Kier molecular flexibility index (Phi) is 7.54. The third-order valence-corrected chi connectivity index (χ3v) is 5.00. The lowest BCUT2D eigenvalue weighted by Gasteiger charge is -2.26. The largest absolute Gasteiger partial charge is 0.508 e. The number of rotatable bonds is 10. The van der Waals surface area contributed by atoms with Gasteiger partial charge in [-0.3, -0.25) is 10.1 Å². The average molecular weight is 438 g/mol. The summed E-state index contributed by atoms with van der Waals surface area (Å²) in [6, 6.07) is 18.0. The van der Waals surface area contributed by atoms with E-state index in [9.17, 15) is 25.2 Å². The first kappa shape index (κ1) is 22.9. The number of anilines is 1. The molecule has 8 nitrogen and oxygen atoms in total. The molecule has 3 rings (SSSR count). The second kappa shape index (κ2) is 10.5. The molecule has 1 amide bonds. The molecule has 3 aromatic rings. The third-order valence-electron chi connectivity index (χ3n) is 5.00. The number of aliphatic hydroxyl groups is 1. The summed E-state index contributed by atoms with van der Waals surface area (Å²) in [4.78, 5) is 10.7. The molecule has 0 spiro atoms. The van der Waals surface area contributed by atoms with Crippen molar-refractivity contribution in [3.05, 3.63) is 77.9 Å². The van der Waals surface area contributed by atoms with Gasteiger partial charge in [-0.1, -0.05) is 24.3 Å². The zero-order valence-electron chi connectivity index (χ0n) is 17.5. The summed E-state index contributed by atoms with van der Waals surface area (Å²) in [5.74, 6) is 0.391. The second-order valence-electron chi connectivity index (χ2n) is 7.36. The third kappa shape index (κ3) is 5.90. The lowest BCUT2D eigenvalue weighted by atomic mass is 9.91. The van der Waals surface area contributed by atoms with E-state index in [0.717, 1.165) is 11.1 Å². The normalized spacial score (nSPS) is 12.8. The number of phenols is 3. The fraction of sp³-hybridized carbons (Fsp3) is 0.208. The first-order valence-electron chi connectivity index (χ1n) is 10.1. The van der Waals surface area contributed by atoms with Gasteiger partial charge in [0.15, 0.2) is 6.23 Å². The highest BCUT2D eigenvalue weighted by Crippen LogP contribution is 2.29. The number of carbonyl (C=O) groups excluding carboxylic acids is 1.